The fraction of sp³-hybridized carbons (Fsp3) is 0.611. The minimum atomic E-state index is 0.690. The van der Waals surface area contributed by atoms with E-state index in [1.165, 1.54) is 12.8 Å². The van der Waals surface area contributed by atoms with Crippen molar-refractivity contribution in [2.24, 2.45) is 10.9 Å². The normalized spacial score (nSPS) is 14.4. The van der Waals surface area contributed by atoms with Crippen molar-refractivity contribution in [2.45, 2.75) is 19.4 Å². The maximum atomic E-state index is 5.64. The summed E-state index contributed by atoms with van der Waals surface area (Å²) in [5.74, 6) is 3.23. The first-order chi connectivity index (χ1) is 11.7. The van der Waals surface area contributed by atoms with E-state index in [9.17, 15) is 0 Å². The van der Waals surface area contributed by atoms with E-state index in [-0.39, 0.29) is 0 Å². The Morgan fingerprint density at radius 3 is 2.71 bits per heavy atom. The van der Waals surface area contributed by atoms with E-state index < -0.39 is 0 Å². The molecule has 1 aliphatic carbocycles. The molecule has 0 atom stereocenters. The van der Waals surface area contributed by atoms with Gasteiger partial charge in [0.15, 0.2) is 5.96 Å². The number of nitrogens with zero attached hydrogens (tertiary/aromatic N) is 2. The zero-order valence-electron chi connectivity index (χ0n) is 15.2. The number of methoxy groups -OCH3 is 2. The highest BCUT2D eigenvalue weighted by molar-refractivity contribution is 5.79. The van der Waals surface area contributed by atoms with Gasteiger partial charge in [0.2, 0.25) is 0 Å². The highest BCUT2D eigenvalue weighted by Crippen LogP contribution is 2.28. The van der Waals surface area contributed by atoms with Gasteiger partial charge in [0.1, 0.15) is 11.5 Å². The second kappa shape index (κ2) is 9.37. The van der Waals surface area contributed by atoms with Gasteiger partial charge in [-0.05, 0) is 30.9 Å². The molecule has 134 valence electrons. The van der Waals surface area contributed by atoms with Gasteiger partial charge in [-0.2, -0.15) is 0 Å². The topological polar surface area (TPSA) is 55.3 Å². The van der Waals surface area contributed by atoms with E-state index >= 15 is 0 Å². The third-order valence-electron chi connectivity index (χ3n) is 4.06. The van der Waals surface area contributed by atoms with E-state index in [1.54, 1.807) is 21.3 Å². The zero-order chi connectivity index (χ0) is 17.4. The number of rotatable bonds is 9. The molecular formula is C18H29N3O3. The predicted molar refractivity (Wildman–Crippen MR) is 95.9 cm³/mol. The molecule has 0 amide bonds. The monoisotopic (exact) mass is 335 g/mol. The zero-order valence-corrected chi connectivity index (χ0v) is 15.2. The average molecular weight is 335 g/mol. The number of hydrogen-bond donors (Lipinski definition) is 1. The van der Waals surface area contributed by atoms with Crippen LogP contribution in [0.5, 0.6) is 11.5 Å². The molecule has 1 saturated carbocycles. The highest BCUT2D eigenvalue weighted by Gasteiger charge is 2.20. The van der Waals surface area contributed by atoms with Gasteiger partial charge in [-0.15, -0.1) is 0 Å². The molecule has 0 saturated heterocycles. The van der Waals surface area contributed by atoms with Gasteiger partial charge in [0.05, 0.1) is 20.8 Å². The summed E-state index contributed by atoms with van der Waals surface area (Å²) in [5, 5.41) is 3.33. The molecule has 6 heteroatoms. The molecule has 0 unspecified atom stereocenters. The molecule has 1 N–H and O–H groups in total. The number of nitrogens with one attached hydrogen (secondary N) is 1. The SMILES string of the molecule is CN=C(NCCOCC1CC1)N(C)Cc1ccc(OC)cc1OC. The molecule has 0 heterocycles. The summed E-state index contributed by atoms with van der Waals surface area (Å²) in [5.41, 5.74) is 1.08. The summed E-state index contributed by atoms with van der Waals surface area (Å²) in [7, 11) is 7.11. The molecule has 1 aliphatic rings. The number of benzene rings is 1. The lowest BCUT2D eigenvalue weighted by atomic mass is 10.2. The summed E-state index contributed by atoms with van der Waals surface area (Å²) in [4.78, 5) is 6.39. The van der Waals surface area contributed by atoms with Crippen LogP contribution in [0.15, 0.2) is 23.2 Å². The molecule has 0 radical (unpaired) electrons. The summed E-state index contributed by atoms with van der Waals surface area (Å²) in [6.07, 6.45) is 2.64. The number of hydrogen-bond acceptors (Lipinski definition) is 4. The Labute approximate surface area is 144 Å². The molecular weight excluding hydrogens is 306 g/mol. The van der Waals surface area contributed by atoms with Crippen molar-refractivity contribution in [1.29, 1.82) is 0 Å². The smallest absolute Gasteiger partial charge is 0.193 e. The number of ether oxygens (including phenoxy) is 3. The van der Waals surface area contributed by atoms with Gasteiger partial charge in [-0.25, -0.2) is 0 Å². The van der Waals surface area contributed by atoms with Crippen molar-refractivity contribution in [2.75, 3.05) is 48.1 Å². The molecule has 2 rings (SSSR count). The minimum absolute atomic E-state index is 0.690. The Balaban J connectivity index is 1.83. The van der Waals surface area contributed by atoms with E-state index in [1.807, 2.05) is 25.2 Å². The number of guanidine groups is 1. The van der Waals surface area contributed by atoms with E-state index in [4.69, 9.17) is 14.2 Å². The van der Waals surface area contributed by atoms with Crippen LogP contribution < -0.4 is 14.8 Å². The minimum Gasteiger partial charge on any atom is -0.497 e. The van der Waals surface area contributed by atoms with Crippen molar-refractivity contribution in [3.05, 3.63) is 23.8 Å². The first-order valence-corrected chi connectivity index (χ1v) is 8.38. The van der Waals surface area contributed by atoms with Gasteiger partial charge in [0.25, 0.3) is 0 Å². The lowest BCUT2D eigenvalue weighted by Gasteiger charge is -2.23. The van der Waals surface area contributed by atoms with Crippen molar-refractivity contribution >= 4 is 5.96 Å². The molecule has 1 aromatic rings. The Hall–Kier alpha value is -1.95. The Bertz CT molecular complexity index is 544. The molecule has 0 bridgehead atoms. The van der Waals surface area contributed by atoms with Crippen molar-refractivity contribution in [3.8, 4) is 11.5 Å². The van der Waals surface area contributed by atoms with Crippen LogP contribution in [0.2, 0.25) is 0 Å². The molecule has 1 aromatic carbocycles. The van der Waals surface area contributed by atoms with Crippen LogP contribution in [-0.4, -0.2) is 58.9 Å². The first kappa shape index (κ1) is 18.4. The maximum absolute atomic E-state index is 5.64. The maximum Gasteiger partial charge on any atom is 0.193 e. The second-order valence-electron chi connectivity index (χ2n) is 6.03. The Kier molecular flexibility index (Phi) is 7.18. The average Bonchev–Trinajstić information content (AvgIpc) is 3.42. The van der Waals surface area contributed by atoms with Crippen molar-refractivity contribution in [1.82, 2.24) is 10.2 Å². The predicted octanol–water partition coefficient (Wildman–Crippen LogP) is 2.14. The third-order valence-corrected chi connectivity index (χ3v) is 4.06. The van der Waals surface area contributed by atoms with Gasteiger partial charge < -0.3 is 24.4 Å². The fourth-order valence-corrected chi connectivity index (χ4v) is 2.47. The Morgan fingerprint density at radius 2 is 2.08 bits per heavy atom. The lowest BCUT2D eigenvalue weighted by molar-refractivity contribution is 0.128. The van der Waals surface area contributed by atoms with Crippen LogP contribution in [-0.2, 0) is 11.3 Å². The summed E-state index contributed by atoms with van der Waals surface area (Å²) in [6, 6.07) is 5.85. The van der Waals surface area contributed by atoms with Crippen molar-refractivity contribution in [3.63, 3.8) is 0 Å². The molecule has 0 aromatic heterocycles. The molecule has 0 aliphatic heterocycles. The molecule has 6 nitrogen and oxygen atoms in total. The van der Waals surface area contributed by atoms with Crippen LogP contribution in [0.1, 0.15) is 18.4 Å². The van der Waals surface area contributed by atoms with Crippen LogP contribution in [0.4, 0.5) is 0 Å². The molecule has 0 spiro atoms. The van der Waals surface area contributed by atoms with Crippen LogP contribution in [0, 0.1) is 5.92 Å². The molecule has 24 heavy (non-hydrogen) atoms. The third kappa shape index (κ3) is 5.60. The summed E-state index contributed by atoms with van der Waals surface area (Å²) < 4.78 is 16.3. The van der Waals surface area contributed by atoms with E-state index in [0.29, 0.717) is 13.2 Å². The van der Waals surface area contributed by atoms with Crippen LogP contribution in [0.25, 0.3) is 0 Å². The largest absolute Gasteiger partial charge is 0.497 e. The first-order valence-electron chi connectivity index (χ1n) is 8.38. The van der Waals surface area contributed by atoms with Crippen LogP contribution >= 0.6 is 0 Å². The van der Waals surface area contributed by atoms with Crippen molar-refractivity contribution < 1.29 is 14.2 Å². The highest BCUT2D eigenvalue weighted by atomic mass is 16.5. The fourth-order valence-electron chi connectivity index (χ4n) is 2.47. The van der Waals surface area contributed by atoms with Crippen LogP contribution in [0.3, 0.4) is 0 Å². The molecule has 1 fully saturated rings. The van der Waals surface area contributed by atoms with E-state index in [0.717, 1.165) is 42.1 Å². The second-order valence-corrected chi connectivity index (χ2v) is 6.03. The van der Waals surface area contributed by atoms with Gasteiger partial charge >= 0.3 is 0 Å². The lowest BCUT2D eigenvalue weighted by Crippen LogP contribution is -2.40. The summed E-state index contributed by atoms with van der Waals surface area (Å²) >= 11 is 0. The number of aliphatic imine (C=N–C) groups is 1. The standard InChI is InChI=1S/C18H29N3O3/c1-19-18(20-9-10-24-13-14-5-6-14)21(2)12-15-7-8-16(22-3)11-17(15)23-4/h7-8,11,14H,5-6,9-10,12-13H2,1-4H3,(H,19,20). The quantitative estimate of drug-likeness (QED) is 0.426. The Morgan fingerprint density at radius 1 is 1.29 bits per heavy atom. The van der Waals surface area contributed by atoms with Gasteiger partial charge in [0, 0.05) is 45.4 Å². The van der Waals surface area contributed by atoms with Gasteiger partial charge in [-0.3, -0.25) is 4.99 Å². The van der Waals surface area contributed by atoms with Gasteiger partial charge in [-0.1, -0.05) is 0 Å². The summed E-state index contributed by atoms with van der Waals surface area (Å²) in [6.45, 7) is 3.04. The van der Waals surface area contributed by atoms with E-state index in [2.05, 4.69) is 15.2 Å².